The Labute approximate surface area is 116 Å². The molecule has 5 nitrogen and oxygen atoms in total. The number of carbonyl (C=O) groups excluding carboxylic acids is 1. The number of hydrogen-bond acceptors (Lipinski definition) is 3. The first-order valence-electron chi connectivity index (χ1n) is 6.47. The van der Waals surface area contributed by atoms with E-state index >= 15 is 0 Å². The van der Waals surface area contributed by atoms with Crippen molar-refractivity contribution < 1.29 is 14.7 Å². The van der Waals surface area contributed by atoms with Crippen LogP contribution in [0.2, 0.25) is 0 Å². The average Bonchev–Trinajstić information content (AvgIpc) is 3.05. The lowest BCUT2D eigenvalue weighted by Gasteiger charge is -2.15. The van der Waals surface area contributed by atoms with Gasteiger partial charge in [0.15, 0.2) is 6.04 Å². The van der Waals surface area contributed by atoms with Crippen LogP contribution in [0.5, 0.6) is 0 Å². The summed E-state index contributed by atoms with van der Waals surface area (Å²) in [6, 6.07) is 2.10. The van der Waals surface area contributed by atoms with Crippen molar-refractivity contribution >= 4 is 23.3 Å². The summed E-state index contributed by atoms with van der Waals surface area (Å²) in [6.45, 7) is 0.628. The van der Waals surface area contributed by atoms with Crippen LogP contribution in [-0.4, -0.2) is 23.7 Å². The van der Waals surface area contributed by atoms with E-state index in [1.54, 1.807) is 17.5 Å². The lowest BCUT2D eigenvalue weighted by Crippen LogP contribution is -2.42. The molecule has 1 aliphatic rings. The molecular weight excluding hydrogens is 264 g/mol. The SMILES string of the molecule is O=C(NCC1CCCC1)NC(C(=O)O)c1cccs1. The van der Waals surface area contributed by atoms with Crippen molar-refractivity contribution in [1.82, 2.24) is 10.6 Å². The van der Waals surface area contributed by atoms with Crippen LogP contribution in [0.4, 0.5) is 4.79 Å². The number of carboxylic acids is 1. The number of hydrogen-bond donors (Lipinski definition) is 3. The summed E-state index contributed by atoms with van der Waals surface area (Å²) >= 11 is 1.32. The largest absolute Gasteiger partial charge is 0.479 e. The van der Waals surface area contributed by atoms with Gasteiger partial charge in [-0.15, -0.1) is 11.3 Å². The highest BCUT2D eigenvalue weighted by atomic mass is 32.1. The highest BCUT2D eigenvalue weighted by Gasteiger charge is 2.23. The topological polar surface area (TPSA) is 78.4 Å². The molecule has 2 rings (SSSR count). The highest BCUT2D eigenvalue weighted by molar-refractivity contribution is 7.10. The monoisotopic (exact) mass is 282 g/mol. The molecule has 2 amide bonds. The minimum Gasteiger partial charge on any atom is -0.479 e. The average molecular weight is 282 g/mol. The molecule has 6 heteroatoms. The van der Waals surface area contributed by atoms with Crippen molar-refractivity contribution in [3.8, 4) is 0 Å². The fraction of sp³-hybridized carbons (Fsp3) is 0.538. The first-order valence-corrected chi connectivity index (χ1v) is 7.35. The van der Waals surface area contributed by atoms with Gasteiger partial charge >= 0.3 is 12.0 Å². The van der Waals surface area contributed by atoms with Gasteiger partial charge in [0.2, 0.25) is 0 Å². The Morgan fingerprint density at radius 1 is 1.42 bits per heavy atom. The lowest BCUT2D eigenvalue weighted by atomic mass is 10.1. The molecule has 0 saturated heterocycles. The third-order valence-corrected chi connectivity index (χ3v) is 4.31. The van der Waals surface area contributed by atoms with E-state index in [-0.39, 0.29) is 0 Å². The maximum Gasteiger partial charge on any atom is 0.331 e. The minimum absolute atomic E-state index is 0.410. The summed E-state index contributed by atoms with van der Waals surface area (Å²) in [5.41, 5.74) is 0. The van der Waals surface area contributed by atoms with Crippen LogP contribution in [0.15, 0.2) is 17.5 Å². The second-order valence-corrected chi connectivity index (χ2v) is 5.77. The fourth-order valence-electron chi connectivity index (χ4n) is 2.34. The Morgan fingerprint density at radius 3 is 2.74 bits per heavy atom. The number of aliphatic carboxylic acids is 1. The first-order chi connectivity index (χ1) is 9.16. The van der Waals surface area contributed by atoms with Gasteiger partial charge in [0.25, 0.3) is 0 Å². The van der Waals surface area contributed by atoms with Crippen LogP contribution in [0.1, 0.15) is 36.6 Å². The molecule has 0 radical (unpaired) electrons. The Balaban J connectivity index is 1.83. The van der Waals surface area contributed by atoms with Crippen LogP contribution in [0.25, 0.3) is 0 Å². The van der Waals surface area contributed by atoms with Gasteiger partial charge in [-0.25, -0.2) is 9.59 Å². The second kappa shape index (κ2) is 6.56. The van der Waals surface area contributed by atoms with Gasteiger partial charge in [-0.05, 0) is 30.2 Å². The van der Waals surface area contributed by atoms with Gasteiger partial charge in [0.05, 0.1) is 0 Å². The van der Waals surface area contributed by atoms with Crippen LogP contribution < -0.4 is 10.6 Å². The van der Waals surface area contributed by atoms with Crippen LogP contribution in [0, 0.1) is 5.92 Å². The van der Waals surface area contributed by atoms with Crippen LogP contribution in [0.3, 0.4) is 0 Å². The first kappa shape index (κ1) is 13.9. The molecule has 1 atom stereocenters. The third-order valence-electron chi connectivity index (χ3n) is 3.38. The zero-order valence-corrected chi connectivity index (χ0v) is 11.4. The molecule has 104 valence electrons. The van der Waals surface area contributed by atoms with Crippen LogP contribution in [-0.2, 0) is 4.79 Å². The molecular formula is C13H18N2O3S. The van der Waals surface area contributed by atoms with Crippen molar-refractivity contribution in [2.75, 3.05) is 6.54 Å². The number of rotatable bonds is 5. The van der Waals surface area contributed by atoms with E-state index in [1.165, 1.54) is 24.2 Å². The Morgan fingerprint density at radius 2 is 2.16 bits per heavy atom. The number of amides is 2. The predicted molar refractivity (Wildman–Crippen MR) is 73.2 cm³/mol. The Kier molecular flexibility index (Phi) is 4.79. The van der Waals surface area contributed by atoms with Gasteiger partial charge in [-0.2, -0.15) is 0 Å². The maximum atomic E-state index is 11.7. The molecule has 1 heterocycles. The van der Waals surface area contributed by atoms with Crippen molar-refractivity contribution in [2.24, 2.45) is 5.92 Å². The van der Waals surface area contributed by atoms with E-state index in [2.05, 4.69) is 10.6 Å². The molecule has 1 aromatic heterocycles. The van der Waals surface area contributed by atoms with Gasteiger partial charge in [-0.1, -0.05) is 18.9 Å². The zero-order valence-electron chi connectivity index (χ0n) is 10.6. The van der Waals surface area contributed by atoms with E-state index in [9.17, 15) is 9.59 Å². The number of urea groups is 1. The van der Waals surface area contributed by atoms with Gasteiger partial charge in [0.1, 0.15) is 0 Å². The second-order valence-electron chi connectivity index (χ2n) is 4.79. The molecule has 0 aliphatic heterocycles. The molecule has 3 N–H and O–H groups in total. The summed E-state index contributed by atoms with van der Waals surface area (Å²) in [7, 11) is 0. The quantitative estimate of drug-likeness (QED) is 0.775. The normalized spacial score (nSPS) is 17.1. The van der Waals surface area contributed by atoms with Crippen LogP contribution >= 0.6 is 11.3 Å². The van der Waals surface area contributed by atoms with Crippen molar-refractivity contribution in [3.05, 3.63) is 22.4 Å². The highest BCUT2D eigenvalue weighted by Crippen LogP contribution is 2.23. The summed E-state index contributed by atoms with van der Waals surface area (Å²) in [4.78, 5) is 23.5. The third kappa shape index (κ3) is 3.96. The molecule has 0 bridgehead atoms. The zero-order chi connectivity index (χ0) is 13.7. The molecule has 1 unspecified atom stereocenters. The summed E-state index contributed by atoms with van der Waals surface area (Å²) in [6.07, 6.45) is 4.74. The summed E-state index contributed by atoms with van der Waals surface area (Å²) in [5, 5.41) is 16.2. The Bertz CT molecular complexity index is 427. The van der Waals surface area contributed by atoms with Crippen molar-refractivity contribution in [3.63, 3.8) is 0 Å². The molecule has 1 fully saturated rings. The minimum atomic E-state index is -1.04. The number of thiophene rings is 1. The number of carbonyl (C=O) groups is 2. The van der Waals surface area contributed by atoms with Crippen molar-refractivity contribution in [2.45, 2.75) is 31.7 Å². The fourth-order valence-corrected chi connectivity index (χ4v) is 3.11. The van der Waals surface area contributed by atoms with Crippen molar-refractivity contribution in [1.29, 1.82) is 0 Å². The van der Waals surface area contributed by atoms with E-state index in [0.717, 1.165) is 12.8 Å². The molecule has 1 aliphatic carbocycles. The van der Waals surface area contributed by atoms with E-state index in [4.69, 9.17) is 5.11 Å². The van der Waals surface area contributed by atoms with E-state index < -0.39 is 18.0 Å². The van der Waals surface area contributed by atoms with Gasteiger partial charge in [-0.3, -0.25) is 0 Å². The molecule has 19 heavy (non-hydrogen) atoms. The van der Waals surface area contributed by atoms with E-state index in [1.807, 2.05) is 0 Å². The standard InChI is InChI=1S/C13H18N2O3S/c16-12(17)11(10-6-3-7-19-10)15-13(18)14-8-9-4-1-2-5-9/h3,6-7,9,11H,1-2,4-5,8H2,(H,16,17)(H2,14,15,18). The number of carboxylic acid groups (broad SMARTS) is 1. The number of nitrogens with one attached hydrogen (secondary N) is 2. The maximum absolute atomic E-state index is 11.7. The van der Waals surface area contributed by atoms with Gasteiger partial charge < -0.3 is 15.7 Å². The van der Waals surface area contributed by atoms with E-state index in [0.29, 0.717) is 17.3 Å². The Hall–Kier alpha value is -1.56. The predicted octanol–water partition coefficient (Wildman–Crippen LogP) is 2.36. The summed E-state index contributed by atoms with van der Waals surface area (Å²) < 4.78 is 0. The molecule has 1 aromatic rings. The van der Waals surface area contributed by atoms with Gasteiger partial charge in [0, 0.05) is 11.4 Å². The molecule has 0 aromatic carbocycles. The molecule has 0 spiro atoms. The lowest BCUT2D eigenvalue weighted by molar-refractivity contribution is -0.139. The molecule has 1 saturated carbocycles. The smallest absolute Gasteiger partial charge is 0.331 e. The summed E-state index contributed by atoms with van der Waals surface area (Å²) in [5.74, 6) is -0.505.